The molecule has 2 heterocycles. The minimum Gasteiger partial charge on any atom is -0.391 e. The second-order valence-corrected chi connectivity index (χ2v) is 7.87. The number of benzene rings is 2. The van der Waals surface area contributed by atoms with Crippen molar-refractivity contribution in [3.8, 4) is 0 Å². The van der Waals surface area contributed by atoms with Gasteiger partial charge >= 0.3 is 0 Å². The standard InChI is InChI=1S/C23H27N3O4/c24-22(28)19-6-5-16(23(29)26-7-9-30-10-8-26)11-18(19)13-21(27)20-12-15-3-1-2-4-17(15)14-25-20/h1-6,11,20-21,25,27H,7-10,12-14H2,(H2,24,28)/t20-,21+/m1/s1. The lowest BCUT2D eigenvalue weighted by Crippen LogP contribution is -2.45. The second-order valence-electron chi connectivity index (χ2n) is 7.87. The van der Waals surface area contributed by atoms with E-state index in [0.29, 0.717) is 56.0 Å². The zero-order valence-electron chi connectivity index (χ0n) is 16.8. The molecule has 1 saturated heterocycles. The summed E-state index contributed by atoms with van der Waals surface area (Å²) in [6.45, 7) is 2.81. The number of amides is 2. The van der Waals surface area contributed by atoms with E-state index in [1.54, 1.807) is 23.1 Å². The summed E-state index contributed by atoms with van der Waals surface area (Å²) in [5.41, 5.74) is 9.42. The van der Waals surface area contributed by atoms with Gasteiger partial charge in [-0.3, -0.25) is 9.59 Å². The maximum atomic E-state index is 12.8. The van der Waals surface area contributed by atoms with E-state index in [0.717, 1.165) is 0 Å². The van der Waals surface area contributed by atoms with Gasteiger partial charge in [-0.1, -0.05) is 24.3 Å². The third-order valence-corrected chi connectivity index (χ3v) is 5.92. The predicted molar refractivity (Wildman–Crippen MR) is 112 cm³/mol. The van der Waals surface area contributed by atoms with E-state index < -0.39 is 12.0 Å². The summed E-state index contributed by atoms with van der Waals surface area (Å²) in [6, 6.07) is 12.9. The van der Waals surface area contributed by atoms with Crippen LogP contribution in [-0.2, 0) is 24.1 Å². The Morgan fingerprint density at radius 2 is 1.90 bits per heavy atom. The quantitative estimate of drug-likeness (QED) is 0.680. The van der Waals surface area contributed by atoms with E-state index in [-0.39, 0.29) is 18.4 Å². The van der Waals surface area contributed by atoms with Crippen molar-refractivity contribution in [2.75, 3.05) is 26.3 Å². The summed E-state index contributed by atoms with van der Waals surface area (Å²) < 4.78 is 5.31. The average molecular weight is 409 g/mol. The lowest BCUT2D eigenvalue weighted by molar-refractivity contribution is 0.0302. The molecule has 2 atom stereocenters. The molecule has 0 radical (unpaired) electrons. The molecule has 30 heavy (non-hydrogen) atoms. The first-order chi connectivity index (χ1) is 14.5. The number of nitrogens with zero attached hydrogens (tertiary/aromatic N) is 1. The molecule has 0 spiro atoms. The molecule has 0 unspecified atom stereocenters. The third kappa shape index (κ3) is 4.38. The molecule has 4 N–H and O–H groups in total. The maximum Gasteiger partial charge on any atom is 0.254 e. The van der Waals surface area contributed by atoms with Gasteiger partial charge in [0.25, 0.3) is 5.91 Å². The first-order valence-electron chi connectivity index (χ1n) is 10.3. The minimum atomic E-state index is -0.717. The van der Waals surface area contributed by atoms with E-state index in [4.69, 9.17) is 10.5 Å². The van der Waals surface area contributed by atoms with E-state index in [1.165, 1.54) is 11.1 Å². The number of nitrogens with two attached hydrogens (primary N) is 1. The van der Waals surface area contributed by atoms with Crippen LogP contribution in [0.3, 0.4) is 0 Å². The Kier molecular flexibility index (Phi) is 6.13. The Bertz CT molecular complexity index is 940. The van der Waals surface area contributed by atoms with E-state index >= 15 is 0 Å². The summed E-state index contributed by atoms with van der Waals surface area (Å²) >= 11 is 0. The van der Waals surface area contributed by atoms with Gasteiger partial charge in [0.2, 0.25) is 5.91 Å². The van der Waals surface area contributed by atoms with Crippen LogP contribution >= 0.6 is 0 Å². The van der Waals surface area contributed by atoms with Crippen LogP contribution in [0.4, 0.5) is 0 Å². The van der Waals surface area contributed by atoms with Gasteiger partial charge in [-0.05, 0) is 41.3 Å². The van der Waals surface area contributed by atoms with Crippen molar-refractivity contribution in [2.45, 2.75) is 31.5 Å². The highest BCUT2D eigenvalue weighted by molar-refractivity contribution is 5.98. The Morgan fingerprint density at radius 1 is 1.17 bits per heavy atom. The molecule has 2 aromatic carbocycles. The minimum absolute atomic E-state index is 0.102. The molecular formula is C23H27N3O4. The van der Waals surface area contributed by atoms with Crippen LogP contribution in [0.2, 0.25) is 0 Å². The summed E-state index contributed by atoms with van der Waals surface area (Å²) in [6.07, 6.45) is 0.225. The van der Waals surface area contributed by atoms with Gasteiger partial charge < -0.3 is 25.8 Å². The van der Waals surface area contributed by atoms with Crippen LogP contribution in [0.5, 0.6) is 0 Å². The van der Waals surface area contributed by atoms with Crippen molar-refractivity contribution in [3.63, 3.8) is 0 Å². The van der Waals surface area contributed by atoms with Crippen molar-refractivity contribution >= 4 is 11.8 Å². The number of ether oxygens (including phenoxy) is 1. The topological polar surface area (TPSA) is 105 Å². The second kappa shape index (κ2) is 8.95. The number of carbonyl (C=O) groups excluding carboxylic acids is 2. The van der Waals surface area contributed by atoms with Gasteiger partial charge in [-0.25, -0.2) is 0 Å². The monoisotopic (exact) mass is 409 g/mol. The number of hydrogen-bond acceptors (Lipinski definition) is 5. The molecular weight excluding hydrogens is 382 g/mol. The lowest BCUT2D eigenvalue weighted by atomic mass is 9.89. The Hall–Kier alpha value is -2.74. The number of carbonyl (C=O) groups is 2. The number of aliphatic hydroxyl groups excluding tert-OH is 1. The van der Waals surface area contributed by atoms with Crippen molar-refractivity contribution < 1.29 is 19.4 Å². The number of hydrogen-bond donors (Lipinski definition) is 3. The molecule has 1 fully saturated rings. The number of nitrogens with one attached hydrogen (secondary N) is 1. The highest BCUT2D eigenvalue weighted by Crippen LogP contribution is 2.22. The number of primary amides is 1. The zero-order valence-corrected chi connectivity index (χ0v) is 16.8. The molecule has 0 aromatic heterocycles. The molecule has 0 saturated carbocycles. The number of rotatable bonds is 5. The fourth-order valence-corrected chi connectivity index (χ4v) is 4.20. The Balaban J connectivity index is 1.53. The highest BCUT2D eigenvalue weighted by Gasteiger charge is 2.26. The van der Waals surface area contributed by atoms with Crippen molar-refractivity contribution in [3.05, 3.63) is 70.3 Å². The molecule has 0 aliphatic carbocycles. The van der Waals surface area contributed by atoms with Gasteiger partial charge in [-0.2, -0.15) is 0 Å². The molecule has 4 rings (SSSR count). The normalized spacial score (nSPS) is 19.8. The van der Waals surface area contributed by atoms with E-state index in [1.807, 2.05) is 12.1 Å². The number of aliphatic hydroxyl groups is 1. The summed E-state index contributed by atoms with van der Waals surface area (Å²) in [5, 5.41) is 14.3. The predicted octanol–water partition coefficient (Wildman–Crippen LogP) is 0.876. The van der Waals surface area contributed by atoms with Crippen molar-refractivity contribution in [2.24, 2.45) is 5.73 Å². The van der Waals surface area contributed by atoms with Crippen LogP contribution in [0.1, 0.15) is 37.4 Å². The molecule has 2 amide bonds. The number of fused-ring (bicyclic) bond motifs is 1. The molecule has 2 aromatic rings. The summed E-state index contributed by atoms with van der Waals surface area (Å²) in [7, 11) is 0. The SMILES string of the molecule is NC(=O)c1ccc(C(=O)N2CCOCC2)cc1C[C@H](O)[C@H]1Cc2ccccc2CN1. The average Bonchev–Trinajstić information content (AvgIpc) is 2.78. The molecule has 7 nitrogen and oxygen atoms in total. The van der Waals surface area contributed by atoms with Crippen molar-refractivity contribution in [1.29, 1.82) is 0 Å². The lowest BCUT2D eigenvalue weighted by Gasteiger charge is -2.30. The molecule has 158 valence electrons. The third-order valence-electron chi connectivity index (χ3n) is 5.92. The molecule has 2 aliphatic heterocycles. The van der Waals surface area contributed by atoms with Crippen LogP contribution in [0.25, 0.3) is 0 Å². The van der Waals surface area contributed by atoms with Crippen molar-refractivity contribution in [1.82, 2.24) is 10.2 Å². The molecule has 0 bridgehead atoms. The summed E-state index contributed by atoms with van der Waals surface area (Å²) in [4.78, 5) is 26.5. The zero-order chi connectivity index (χ0) is 21.1. The van der Waals surface area contributed by atoms with E-state index in [2.05, 4.69) is 17.4 Å². The smallest absolute Gasteiger partial charge is 0.254 e. The largest absolute Gasteiger partial charge is 0.391 e. The van der Waals surface area contributed by atoms with E-state index in [9.17, 15) is 14.7 Å². The van der Waals surface area contributed by atoms with Crippen LogP contribution < -0.4 is 11.1 Å². The van der Waals surface area contributed by atoms with Gasteiger partial charge in [0.15, 0.2) is 0 Å². The van der Waals surface area contributed by atoms with Crippen LogP contribution in [-0.4, -0.2) is 60.3 Å². The van der Waals surface area contributed by atoms with Crippen LogP contribution in [0.15, 0.2) is 42.5 Å². The van der Waals surface area contributed by atoms with Crippen LogP contribution in [0, 0.1) is 0 Å². The molecule has 2 aliphatic rings. The fraction of sp³-hybridized carbons (Fsp3) is 0.391. The maximum absolute atomic E-state index is 12.8. The van der Waals surface area contributed by atoms with Gasteiger partial charge in [0.1, 0.15) is 0 Å². The van der Waals surface area contributed by atoms with Gasteiger partial charge in [0.05, 0.1) is 19.3 Å². The molecule has 7 heteroatoms. The first-order valence-corrected chi connectivity index (χ1v) is 10.3. The summed E-state index contributed by atoms with van der Waals surface area (Å²) in [5.74, 6) is -0.667. The fourth-order valence-electron chi connectivity index (χ4n) is 4.20. The first kappa shape index (κ1) is 20.5. The van der Waals surface area contributed by atoms with Gasteiger partial charge in [0, 0.05) is 43.2 Å². The Morgan fingerprint density at radius 3 is 2.63 bits per heavy atom. The highest BCUT2D eigenvalue weighted by atomic mass is 16.5. The number of morpholine rings is 1. The van der Waals surface area contributed by atoms with Gasteiger partial charge in [-0.15, -0.1) is 0 Å². The Labute approximate surface area is 175 Å².